The quantitative estimate of drug-likeness (QED) is 0.789. The van der Waals surface area contributed by atoms with Crippen LogP contribution in [0.5, 0.6) is 0 Å². The molecule has 2 fully saturated rings. The summed E-state index contributed by atoms with van der Waals surface area (Å²) in [6.07, 6.45) is 9.97. The third-order valence-electron chi connectivity index (χ3n) is 4.84. The van der Waals surface area contributed by atoms with Crippen LogP contribution in [0.1, 0.15) is 65.7 Å². The molecule has 1 heterocycles. The van der Waals surface area contributed by atoms with Crippen molar-refractivity contribution < 1.29 is 0 Å². The first-order valence-electron chi connectivity index (χ1n) is 8.62. The molecule has 112 valence electrons. The van der Waals surface area contributed by atoms with Gasteiger partial charge in [0.2, 0.25) is 0 Å². The fraction of sp³-hybridized carbons (Fsp3) is 1.00. The van der Waals surface area contributed by atoms with Crippen LogP contribution in [-0.4, -0.2) is 36.6 Å². The van der Waals surface area contributed by atoms with Crippen molar-refractivity contribution in [1.82, 2.24) is 10.2 Å². The fourth-order valence-electron chi connectivity index (χ4n) is 4.13. The number of nitrogens with one attached hydrogen (secondary N) is 1. The van der Waals surface area contributed by atoms with Gasteiger partial charge in [-0.3, -0.25) is 0 Å². The molecule has 1 saturated heterocycles. The van der Waals surface area contributed by atoms with E-state index in [-0.39, 0.29) is 0 Å². The minimum Gasteiger partial charge on any atom is -0.310 e. The first kappa shape index (κ1) is 15.3. The molecule has 19 heavy (non-hydrogen) atoms. The molecular formula is C17H34N2. The monoisotopic (exact) mass is 266 g/mol. The van der Waals surface area contributed by atoms with E-state index in [1.165, 1.54) is 64.6 Å². The molecule has 0 amide bonds. The van der Waals surface area contributed by atoms with Crippen LogP contribution in [0.3, 0.4) is 0 Å². The van der Waals surface area contributed by atoms with Gasteiger partial charge in [0.1, 0.15) is 0 Å². The lowest BCUT2D eigenvalue weighted by Crippen LogP contribution is -2.45. The summed E-state index contributed by atoms with van der Waals surface area (Å²) in [5.41, 5.74) is 0. The Morgan fingerprint density at radius 3 is 2.47 bits per heavy atom. The summed E-state index contributed by atoms with van der Waals surface area (Å²) in [5.74, 6) is 1.84. The molecule has 2 aliphatic rings. The van der Waals surface area contributed by atoms with E-state index >= 15 is 0 Å². The number of likely N-dealkylation sites (tertiary alicyclic amines) is 1. The highest BCUT2D eigenvalue weighted by atomic mass is 15.2. The zero-order valence-corrected chi connectivity index (χ0v) is 13.3. The Morgan fingerprint density at radius 2 is 1.79 bits per heavy atom. The fourth-order valence-corrected chi connectivity index (χ4v) is 4.13. The molecule has 0 spiro atoms. The van der Waals surface area contributed by atoms with Gasteiger partial charge in [-0.25, -0.2) is 0 Å². The van der Waals surface area contributed by atoms with Gasteiger partial charge in [0.15, 0.2) is 0 Å². The van der Waals surface area contributed by atoms with E-state index in [0.717, 1.165) is 17.9 Å². The van der Waals surface area contributed by atoms with Crippen LogP contribution >= 0.6 is 0 Å². The highest BCUT2D eigenvalue weighted by Gasteiger charge is 2.24. The molecule has 0 radical (unpaired) electrons. The maximum atomic E-state index is 3.91. The molecule has 0 aromatic rings. The van der Waals surface area contributed by atoms with Gasteiger partial charge in [-0.2, -0.15) is 0 Å². The van der Waals surface area contributed by atoms with Crippen LogP contribution in [-0.2, 0) is 0 Å². The van der Waals surface area contributed by atoms with Crippen molar-refractivity contribution >= 4 is 0 Å². The van der Waals surface area contributed by atoms with Gasteiger partial charge in [-0.1, -0.05) is 26.7 Å². The summed E-state index contributed by atoms with van der Waals surface area (Å²) in [6, 6.07) is 1.45. The van der Waals surface area contributed by atoms with Gasteiger partial charge >= 0.3 is 0 Å². The average molecular weight is 266 g/mol. The molecule has 3 unspecified atom stereocenters. The lowest BCUT2D eigenvalue weighted by molar-refractivity contribution is 0.222. The zero-order chi connectivity index (χ0) is 13.7. The van der Waals surface area contributed by atoms with Crippen molar-refractivity contribution in [3.63, 3.8) is 0 Å². The van der Waals surface area contributed by atoms with E-state index in [1.54, 1.807) is 0 Å². The molecule has 1 aliphatic carbocycles. The van der Waals surface area contributed by atoms with Crippen molar-refractivity contribution in [2.75, 3.05) is 19.6 Å². The largest absolute Gasteiger partial charge is 0.310 e. The molecule has 0 bridgehead atoms. The summed E-state index contributed by atoms with van der Waals surface area (Å²) < 4.78 is 0. The van der Waals surface area contributed by atoms with Crippen molar-refractivity contribution in [2.45, 2.75) is 77.8 Å². The van der Waals surface area contributed by atoms with Crippen LogP contribution < -0.4 is 5.32 Å². The van der Waals surface area contributed by atoms with Crippen molar-refractivity contribution in [3.05, 3.63) is 0 Å². The molecule has 0 aromatic carbocycles. The lowest BCUT2D eigenvalue weighted by Gasteiger charge is -2.33. The Hall–Kier alpha value is -0.0800. The van der Waals surface area contributed by atoms with Crippen LogP contribution in [0.25, 0.3) is 0 Å². The third kappa shape index (κ3) is 5.43. The van der Waals surface area contributed by atoms with Crippen LogP contribution in [0.4, 0.5) is 0 Å². The lowest BCUT2D eigenvalue weighted by atomic mass is 9.81. The first-order valence-corrected chi connectivity index (χ1v) is 8.62. The van der Waals surface area contributed by atoms with E-state index in [2.05, 4.69) is 31.0 Å². The maximum Gasteiger partial charge on any atom is 0.0169 e. The Labute approximate surface area is 120 Å². The number of hydrogen-bond acceptors (Lipinski definition) is 2. The Morgan fingerprint density at radius 1 is 1.05 bits per heavy atom. The third-order valence-corrected chi connectivity index (χ3v) is 4.84. The summed E-state index contributed by atoms with van der Waals surface area (Å²) >= 11 is 0. The van der Waals surface area contributed by atoms with Gasteiger partial charge in [-0.15, -0.1) is 0 Å². The zero-order valence-electron chi connectivity index (χ0n) is 13.3. The van der Waals surface area contributed by atoms with Crippen LogP contribution in [0, 0.1) is 11.8 Å². The topological polar surface area (TPSA) is 15.3 Å². The molecule has 1 N–H and O–H groups in total. The SMILES string of the molecule is CC(C)CC1CCCC(NC(C)CN2CCCC2)C1. The summed E-state index contributed by atoms with van der Waals surface area (Å²) in [5, 5.41) is 3.91. The van der Waals surface area contributed by atoms with Gasteiger partial charge < -0.3 is 10.2 Å². The first-order chi connectivity index (χ1) is 9.13. The highest BCUT2D eigenvalue weighted by Crippen LogP contribution is 2.29. The Bertz CT molecular complexity index is 246. The molecule has 1 aliphatic heterocycles. The number of hydrogen-bond donors (Lipinski definition) is 1. The predicted octanol–water partition coefficient (Wildman–Crippen LogP) is 3.67. The van der Waals surface area contributed by atoms with E-state index in [9.17, 15) is 0 Å². The second-order valence-electron chi connectivity index (χ2n) is 7.43. The summed E-state index contributed by atoms with van der Waals surface area (Å²) in [4.78, 5) is 2.63. The smallest absolute Gasteiger partial charge is 0.0169 e. The van der Waals surface area contributed by atoms with Gasteiger partial charge in [0, 0.05) is 18.6 Å². The van der Waals surface area contributed by atoms with Crippen molar-refractivity contribution in [2.24, 2.45) is 11.8 Å². The second-order valence-corrected chi connectivity index (χ2v) is 7.43. The van der Waals surface area contributed by atoms with E-state index in [0.29, 0.717) is 6.04 Å². The molecule has 1 saturated carbocycles. The Kier molecular flexibility index (Phi) is 6.15. The molecular weight excluding hydrogens is 232 g/mol. The van der Waals surface area contributed by atoms with E-state index in [1.807, 2.05) is 0 Å². The molecule has 2 heteroatoms. The van der Waals surface area contributed by atoms with Gasteiger partial charge in [0.05, 0.1) is 0 Å². The normalized spacial score (nSPS) is 30.9. The molecule has 3 atom stereocenters. The molecule has 2 rings (SSSR count). The minimum absolute atomic E-state index is 0.667. The maximum absolute atomic E-state index is 3.91. The van der Waals surface area contributed by atoms with E-state index < -0.39 is 0 Å². The molecule has 2 nitrogen and oxygen atoms in total. The van der Waals surface area contributed by atoms with Crippen LogP contribution in [0.2, 0.25) is 0 Å². The highest BCUT2D eigenvalue weighted by molar-refractivity contribution is 4.82. The molecule has 0 aromatic heterocycles. The van der Waals surface area contributed by atoms with Crippen LogP contribution in [0.15, 0.2) is 0 Å². The second kappa shape index (κ2) is 7.64. The predicted molar refractivity (Wildman–Crippen MR) is 83.5 cm³/mol. The summed E-state index contributed by atoms with van der Waals surface area (Å²) in [7, 11) is 0. The van der Waals surface area contributed by atoms with E-state index in [4.69, 9.17) is 0 Å². The minimum atomic E-state index is 0.667. The average Bonchev–Trinajstić information content (AvgIpc) is 2.81. The van der Waals surface area contributed by atoms with Gasteiger partial charge in [-0.05, 0) is 64.0 Å². The number of rotatable bonds is 6. The summed E-state index contributed by atoms with van der Waals surface area (Å²) in [6.45, 7) is 11.0. The Balaban J connectivity index is 1.68. The standard InChI is InChI=1S/C17H34N2/c1-14(2)11-16-7-6-8-17(12-16)18-15(3)13-19-9-4-5-10-19/h14-18H,4-13H2,1-3H3. The number of nitrogens with zero attached hydrogens (tertiary/aromatic N) is 1. The van der Waals surface area contributed by atoms with Crippen molar-refractivity contribution in [3.8, 4) is 0 Å². The van der Waals surface area contributed by atoms with Crippen molar-refractivity contribution in [1.29, 1.82) is 0 Å². The van der Waals surface area contributed by atoms with Gasteiger partial charge in [0.25, 0.3) is 0 Å².